The third-order valence-corrected chi connectivity index (χ3v) is 1.04. The first-order valence-electron chi connectivity index (χ1n) is 2.39. The van der Waals surface area contributed by atoms with E-state index in [4.69, 9.17) is 4.84 Å². The Labute approximate surface area is 47.5 Å². The van der Waals surface area contributed by atoms with Crippen LogP contribution in [0.3, 0.4) is 0 Å². The third kappa shape index (κ3) is 0.962. The molecule has 0 bridgehead atoms. The maximum Gasteiger partial charge on any atom is 0.231 e. The van der Waals surface area contributed by atoms with Gasteiger partial charge in [0.25, 0.3) is 0 Å². The Hall–Kier alpha value is -0.610. The second-order valence-electron chi connectivity index (χ2n) is 1.59. The maximum absolute atomic E-state index is 10.4. The SMILES string of the molecule is CON1CC=[N+]([O-])C1. The summed E-state index contributed by atoms with van der Waals surface area (Å²) in [6, 6.07) is 0. The van der Waals surface area contributed by atoms with Crippen LogP contribution in [-0.4, -0.2) is 36.3 Å². The fourth-order valence-electron chi connectivity index (χ4n) is 0.585. The summed E-state index contributed by atoms with van der Waals surface area (Å²) >= 11 is 0. The smallest absolute Gasteiger partial charge is 0.231 e. The standard InChI is InChI=1S/C4H8N2O2/c1-8-6-3-2-5(7)4-6/h2H,3-4H2,1H3. The van der Waals surface area contributed by atoms with Crippen LogP contribution >= 0.6 is 0 Å². The maximum atomic E-state index is 10.4. The molecule has 0 aromatic rings. The van der Waals surface area contributed by atoms with Crippen molar-refractivity contribution < 1.29 is 9.58 Å². The van der Waals surface area contributed by atoms with Crippen LogP contribution in [0.2, 0.25) is 0 Å². The molecular formula is C4H8N2O2. The van der Waals surface area contributed by atoms with Gasteiger partial charge in [0.05, 0.1) is 7.11 Å². The van der Waals surface area contributed by atoms with Crippen LogP contribution in [0.4, 0.5) is 0 Å². The van der Waals surface area contributed by atoms with Gasteiger partial charge >= 0.3 is 0 Å². The lowest BCUT2D eigenvalue weighted by Gasteiger charge is -2.06. The normalized spacial score (nSPS) is 21.4. The van der Waals surface area contributed by atoms with E-state index in [1.54, 1.807) is 12.2 Å². The lowest BCUT2D eigenvalue weighted by atomic mass is 10.7. The molecule has 1 heterocycles. The molecular weight excluding hydrogens is 108 g/mol. The minimum Gasteiger partial charge on any atom is -0.623 e. The fourth-order valence-corrected chi connectivity index (χ4v) is 0.585. The number of hydroxylamine groups is 3. The van der Waals surface area contributed by atoms with Crippen molar-refractivity contribution in [2.75, 3.05) is 20.3 Å². The van der Waals surface area contributed by atoms with Crippen molar-refractivity contribution in [3.8, 4) is 0 Å². The van der Waals surface area contributed by atoms with Crippen molar-refractivity contribution in [2.45, 2.75) is 0 Å². The molecule has 46 valence electrons. The Bertz CT molecular complexity index is 113. The van der Waals surface area contributed by atoms with Gasteiger partial charge in [-0.3, -0.25) is 4.84 Å². The van der Waals surface area contributed by atoms with Gasteiger partial charge in [-0.2, -0.15) is 4.74 Å². The molecule has 0 saturated heterocycles. The zero-order valence-corrected chi connectivity index (χ0v) is 4.70. The van der Waals surface area contributed by atoms with Crippen LogP contribution in [-0.2, 0) is 4.84 Å². The van der Waals surface area contributed by atoms with E-state index in [2.05, 4.69) is 0 Å². The second-order valence-corrected chi connectivity index (χ2v) is 1.59. The highest BCUT2D eigenvalue weighted by Gasteiger charge is 2.13. The molecule has 1 rings (SSSR count). The number of nitrogens with zero attached hydrogens (tertiary/aromatic N) is 2. The molecule has 0 fully saturated rings. The lowest BCUT2D eigenvalue weighted by Crippen LogP contribution is -2.21. The highest BCUT2D eigenvalue weighted by molar-refractivity contribution is 5.54. The van der Waals surface area contributed by atoms with Crippen molar-refractivity contribution in [1.29, 1.82) is 0 Å². The van der Waals surface area contributed by atoms with Gasteiger partial charge < -0.3 is 5.21 Å². The number of rotatable bonds is 1. The summed E-state index contributed by atoms with van der Waals surface area (Å²) < 4.78 is 0.837. The van der Waals surface area contributed by atoms with E-state index in [-0.39, 0.29) is 0 Å². The summed E-state index contributed by atoms with van der Waals surface area (Å²) in [4.78, 5) is 4.74. The van der Waals surface area contributed by atoms with Crippen LogP contribution in [0.5, 0.6) is 0 Å². The minimum absolute atomic E-state index is 0.330. The highest BCUT2D eigenvalue weighted by Crippen LogP contribution is 1.91. The monoisotopic (exact) mass is 116 g/mol. The Kier molecular flexibility index (Phi) is 1.45. The van der Waals surface area contributed by atoms with E-state index < -0.39 is 0 Å². The zero-order valence-electron chi connectivity index (χ0n) is 4.70. The van der Waals surface area contributed by atoms with E-state index in [0.717, 1.165) is 4.74 Å². The Morgan fingerprint density at radius 3 is 2.88 bits per heavy atom. The fraction of sp³-hybridized carbons (Fsp3) is 0.750. The van der Waals surface area contributed by atoms with Gasteiger partial charge in [-0.15, -0.1) is 5.06 Å². The van der Waals surface area contributed by atoms with Crippen LogP contribution in [0.15, 0.2) is 0 Å². The topological polar surface area (TPSA) is 38.5 Å². The molecule has 1 aliphatic heterocycles. The average molecular weight is 116 g/mol. The van der Waals surface area contributed by atoms with Gasteiger partial charge in [0.2, 0.25) is 6.67 Å². The predicted molar refractivity (Wildman–Crippen MR) is 28.3 cm³/mol. The van der Waals surface area contributed by atoms with E-state index >= 15 is 0 Å². The van der Waals surface area contributed by atoms with Crippen LogP contribution in [0.1, 0.15) is 0 Å². The first-order valence-corrected chi connectivity index (χ1v) is 2.39. The molecule has 0 aromatic heterocycles. The molecule has 0 radical (unpaired) electrons. The van der Waals surface area contributed by atoms with Gasteiger partial charge in [-0.25, -0.2) is 0 Å². The second kappa shape index (κ2) is 2.11. The van der Waals surface area contributed by atoms with E-state index in [1.807, 2.05) is 0 Å². The molecule has 0 aromatic carbocycles. The van der Waals surface area contributed by atoms with Crippen LogP contribution < -0.4 is 0 Å². The van der Waals surface area contributed by atoms with Gasteiger partial charge in [0, 0.05) is 0 Å². The molecule has 8 heavy (non-hydrogen) atoms. The molecule has 0 saturated carbocycles. The highest BCUT2D eigenvalue weighted by atomic mass is 16.7. The first kappa shape index (κ1) is 5.53. The third-order valence-electron chi connectivity index (χ3n) is 1.04. The molecule has 0 unspecified atom stereocenters. The number of hydrogen-bond acceptors (Lipinski definition) is 3. The van der Waals surface area contributed by atoms with Crippen molar-refractivity contribution in [2.24, 2.45) is 0 Å². The molecule has 4 heteroatoms. The summed E-state index contributed by atoms with van der Waals surface area (Å²) in [6.45, 7) is 0.927. The van der Waals surface area contributed by atoms with E-state index in [1.165, 1.54) is 6.21 Å². The molecule has 1 aliphatic rings. The zero-order chi connectivity index (χ0) is 5.98. The van der Waals surface area contributed by atoms with Gasteiger partial charge in [-0.1, -0.05) is 0 Å². The van der Waals surface area contributed by atoms with E-state index in [9.17, 15) is 5.21 Å². The predicted octanol–water partition coefficient (Wildman–Crippen LogP) is -0.598. The molecule has 0 amide bonds. The molecule has 0 N–H and O–H groups in total. The average Bonchev–Trinajstić information content (AvgIpc) is 2.14. The van der Waals surface area contributed by atoms with Crippen LogP contribution in [0, 0.1) is 5.21 Å². The summed E-state index contributed by atoms with van der Waals surface area (Å²) in [6.07, 6.45) is 1.53. The summed E-state index contributed by atoms with van der Waals surface area (Å²) in [5, 5.41) is 11.9. The molecule has 0 spiro atoms. The first-order chi connectivity index (χ1) is 3.83. The van der Waals surface area contributed by atoms with Crippen molar-refractivity contribution in [3.63, 3.8) is 0 Å². The van der Waals surface area contributed by atoms with Crippen molar-refractivity contribution >= 4 is 6.21 Å². The summed E-state index contributed by atoms with van der Waals surface area (Å²) in [5.41, 5.74) is 0. The minimum atomic E-state index is 0.330. The van der Waals surface area contributed by atoms with Crippen molar-refractivity contribution in [3.05, 3.63) is 5.21 Å². The largest absolute Gasteiger partial charge is 0.623 e. The number of hydrogen-bond donors (Lipinski definition) is 0. The van der Waals surface area contributed by atoms with Gasteiger partial charge in [-0.05, 0) is 0 Å². The Morgan fingerprint density at radius 2 is 2.62 bits per heavy atom. The van der Waals surface area contributed by atoms with Gasteiger partial charge in [0.15, 0.2) is 6.21 Å². The Morgan fingerprint density at radius 1 is 1.88 bits per heavy atom. The van der Waals surface area contributed by atoms with Gasteiger partial charge in [0.1, 0.15) is 6.54 Å². The Balaban J connectivity index is 2.32. The molecule has 4 nitrogen and oxygen atoms in total. The molecule has 0 atom stereocenters. The van der Waals surface area contributed by atoms with Crippen LogP contribution in [0.25, 0.3) is 0 Å². The van der Waals surface area contributed by atoms with Crippen molar-refractivity contribution in [1.82, 2.24) is 5.06 Å². The summed E-state index contributed by atoms with van der Waals surface area (Å²) in [5.74, 6) is 0. The lowest BCUT2D eigenvalue weighted by molar-refractivity contribution is -0.484. The van der Waals surface area contributed by atoms with E-state index in [0.29, 0.717) is 13.2 Å². The summed E-state index contributed by atoms with van der Waals surface area (Å²) in [7, 11) is 1.55. The molecule has 0 aliphatic carbocycles. The quantitative estimate of drug-likeness (QED) is 0.339.